The van der Waals surface area contributed by atoms with Crippen LogP contribution in [0.15, 0.2) is 30.3 Å². The Bertz CT molecular complexity index is 756. The molecule has 4 nitrogen and oxygen atoms in total. The van der Waals surface area contributed by atoms with Gasteiger partial charge in [0.05, 0.1) is 29.5 Å². The van der Waals surface area contributed by atoms with Crippen LogP contribution in [0.25, 0.3) is 10.9 Å². The highest BCUT2D eigenvalue weighted by Gasteiger charge is 2.30. The third-order valence-electron chi connectivity index (χ3n) is 5.78. The molecule has 1 fully saturated rings. The van der Waals surface area contributed by atoms with Gasteiger partial charge in [0.2, 0.25) is 0 Å². The Morgan fingerprint density at radius 3 is 2.38 bits per heavy atom. The molecule has 1 aliphatic rings. The van der Waals surface area contributed by atoms with Crippen LogP contribution in [-0.2, 0) is 5.54 Å². The van der Waals surface area contributed by atoms with Gasteiger partial charge in [-0.25, -0.2) is 0 Å². The molecule has 0 aliphatic heterocycles. The van der Waals surface area contributed by atoms with Crippen molar-refractivity contribution in [1.29, 1.82) is 0 Å². The summed E-state index contributed by atoms with van der Waals surface area (Å²) in [5.74, 6) is 1.70. The van der Waals surface area contributed by atoms with Gasteiger partial charge >= 0.3 is 0 Å². The normalized spacial score (nSPS) is 23.6. The van der Waals surface area contributed by atoms with Gasteiger partial charge in [0.1, 0.15) is 5.75 Å². The lowest BCUT2D eigenvalue weighted by Gasteiger charge is -2.36. The minimum absolute atomic E-state index is 0.135. The topological polar surface area (TPSA) is 68.4 Å². The number of hydrogen-bond donors (Lipinski definition) is 2. The van der Waals surface area contributed by atoms with E-state index in [4.69, 9.17) is 10.5 Å². The number of aliphatic hydroxyl groups is 1. The van der Waals surface area contributed by atoms with Gasteiger partial charge in [0, 0.05) is 5.39 Å². The molecule has 3 N–H and O–H groups in total. The Morgan fingerprint density at radius 2 is 1.77 bits per heavy atom. The van der Waals surface area contributed by atoms with E-state index in [1.54, 1.807) is 6.92 Å². The molecule has 3 rings (SSSR count). The fourth-order valence-corrected chi connectivity index (χ4v) is 3.82. The Morgan fingerprint density at radius 1 is 1.08 bits per heavy atom. The second-order valence-corrected chi connectivity index (χ2v) is 9.08. The van der Waals surface area contributed by atoms with Gasteiger partial charge in [-0.05, 0) is 68.2 Å². The summed E-state index contributed by atoms with van der Waals surface area (Å²) in [6.07, 6.45) is 5.03. The van der Waals surface area contributed by atoms with Crippen molar-refractivity contribution in [2.24, 2.45) is 17.1 Å². The largest absolute Gasteiger partial charge is 0.490 e. The number of rotatable bonds is 4. The van der Waals surface area contributed by atoms with E-state index >= 15 is 0 Å². The molecule has 0 amide bonds. The molecule has 1 aromatic heterocycles. The lowest BCUT2D eigenvalue weighted by atomic mass is 9.72. The zero-order valence-electron chi connectivity index (χ0n) is 16.5. The molecule has 1 heterocycles. The average molecular weight is 357 g/mol. The predicted octanol–water partition coefficient (Wildman–Crippen LogP) is 4.38. The molecule has 1 aromatic carbocycles. The molecule has 0 saturated heterocycles. The maximum atomic E-state index is 9.43. The van der Waals surface area contributed by atoms with Crippen LogP contribution in [-0.4, -0.2) is 22.8 Å². The second-order valence-electron chi connectivity index (χ2n) is 9.08. The SMILES string of the molecule is CC(N)(CO)c1ccc2cc(OC3CCC(C(C)(C)C)CC3)ccc2n1. The highest BCUT2D eigenvalue weighted by Crippen LogP contribution is 2.39. The van der Waals surface area contributed by atoms with Gasteiger partial charge in [-0.1, -0.05) is 26.8 Å². The number of nitrogens with two attached hydrogens (primary N) is 1. The first-order valence-corrected chi connectivity index (χ1v) is 9.67. The number of aliphatic hydroxyl groups excluding tert-OH is 1. The average Bonchev–Trinajstić information content (AvgIpc) is 2.61. The van der Waals surface area contributed by atoms with E-state index in [0.29, 0.717) is 17.2 Å². The highest BCUT2D eigenvalue weighted by atomic mass is 16.5. The molecular formula is C22H32N2O2. The molecule has 142 valence electrons. The number of nitrogens with zero attached hydrogens (tertiary/aromatic N) is 1. The Labute approximate surface area is 156 Å². The first kappa shape index (κ1) is 19.1. The summed E-state index contributed by atoms with van der Waals surface area (Å²) in [6.45, 7) is 8.67. The highest BCUT2D eigenvalue weighted by molar-refractivity contribution is 5.80. The molecule has 0 radical (unpaired) electrons. The summed E-state index contributed by atoms with van der Waals surface area (Å²) in [5.41, 5.74) is 7.22. The van der Waals surface area contributed by atoms with Crippen LogP contribution in [0.2, 0.25) is 0 Å². The molecule has 0 spiro atoms. The van der Waals surface area contributed by atoms with Gasteiger partial charge in [-0.2, -0.15) is 0 Å². The second kappa shape index (κ2) is 7.16. The van der Waals surface area contributed by atoms with Crippen molar-refractivity contribution in [3.05, 3.63) is 36.0 Å². The maximum absolute atomic E-state index is 9.43. The standard InChI is InChI=1S/C22H32N2O2/c1-21(2,3)16-6-8-17(9-7-16)26-18-10-11-19-15(13-18)5-12-20(24-19)22(4,23)14-25/h5,10-13,16-17,25H,6-9,14,23H2,1-4H3. The van der Waals surface area contributed by atoms with Crippen LogP contribution in [0.3, 0.4) is 0 Å². The minimum atomic E-state index is -0.824. The van der Waals surface area contributed by atoms with Crippen molar-refractivity contribution < 1.29 is 9.84 Å². The van der Waals surface area contributed by atoms with Crippen LogP contribution in [0.5, 0.6) is 5.75 Å². The van der Waals surface area contributed by atoms with E-state index in [1.807, 2.05) is 24.3 Å². The predicted molar refractivity (Wildman–Crippen MR) is 106 cm³/mol. The number of pyridine rings is 1. The first-order valence-electron chi connectivity index (χ1n) is 9.67. The number of fused-ring (bicyclic) bond motifs is 1. The monoisotopic (exact) mass is 356 g/mol. The number of benzene rings is 1. The van der Waals surface area contributed by atoms with E-state index in [-0.39, 0.29) is 6.61 Å². The zero-order chi connectivity index (χ0) is 18.9. The van der Waals surface area contributed by atoms with Crippen LogP contribution in [0.4, 0.5) is 0 Å². The van der Waals surface area contributed by atoms with Crippen molar-refractivity contribution in [2.75, 3.05) is 6.61 Å². The van der Waals surface area contributed by atoms with Gasteiger partial charge in [-0.3, -0.25) is 4.98 Å². The first-order chi connectivity index (χ1) is 12.2. The van der Waals surface area contributed by atoms with Gasteiger partial charge in [0.25, 0.3) is 0 Å². The molecule has 1 saturated carbocycles. The third kappa shape index (κ3) is 4.18. The summed E-state index contributed by atoms with van der Waals surface area (Å²) in [5, 5.41) is 10.5. The molecule has 26 heavy (non-hydrogen) atoms. The summed E-state index contributed by atoms with van der Waals surface area (Å²) < 4.78 is 6.25. The Kier molecular flexibility index (Phi) is 5.27. The summed E-state index contributed by atoms with van der Waals surface area (Å²) >= 11 is 0. The molecule has 1 unspecified atom stereocenters. The summed E-state index contributed by atoms with van der Waals surface area (Å²) in [4.78, 5) is 4.60. The maximum Gasteiger partial charge on any atom is 0.120 e. The lowest BCUT2D eigenvalue weighted by molar-refractivity contribution is 0.0883. The van der Waals surface area contributed by atoms with Crippen LogP contribution < -0.4 is 10.5 Å². The van der Waals surface area contributed by atoms with E-state index in [9.17, 15) is 5.11 Å². The number of hydrogen-bond acceptors (Lipinski definition) is 4. The third-order valence-corrected chi connectivity index (χ3v) is 5.78. The van der Waals surface area contributed by atoms with Crippen molar-refractivity contribution in [2.45, 2.75) is 65.0 Å². The molecule has 1 aliphatic carbocycles. The number of ether oxygens (including phenoxy) is 1. The lowest BCUT2D eigenvalue weighted by Crippen LogP contribution is -2.37. The van der Waals surface area contributed by atoms with Crippen molar-refractivity contribution in [3.8, 4) is 5.75 Å². The fraction of sp³-hybridized carbons (Fsp3) is 0.591. The Balaban J connectivity index is 1.69. The van der Waals surface area contributed by atoms with Crippen molar-refractivity contribution >= 4 is 10.9 Å². The van der Waals surface area contributed by atoms with Crippen LogP contribution >= 0.6 is 0 Å². The smallest absolute Gasteiger partial charge is 0.120 e. The van der Waals surface area contributed by atoms with Crippen molar-refractivity contribution in [1.82, 2.24) is 4.98 Å². The number of aromatic nitrogens is 1. The van der Waals surface area contributed by atoms with Gasteiger partial charge in [0.15, 0.2) is 0 Å². The molecule has 4 heteroatoms. The van der Waals surface area contributed by atoms with Crippen LogP contribution in [0.1, 0.15) is 59.1 Å². The quantitative estimate of drug-likeness (QED) is 0.853. The van der Waals surface area contributed by atoms with Gasteiger partial charge < -0.3 is 15.6 Å². The summed E-state index contributed by atoms with van der Waals surface area (Å²) in [7, 11) is 0. The molecular weight excluding hydrogens is 324 g/mol. The minimum Gasteiger partial charge on any atom is -0.490 e. The van der Waals surface area contributed by atoms with E-state index < -0.39 is 5.54 Å². The van der Waals surface area contributed by atoms with Gasteiger partial charge in [-0.15, -0.1) is 0 Å². The zero-order valence-corrected chi connectivity index (χ0v) is 16.5. The van der Waals surface area contributed by atoms with E-state index in [0.717, 1.165) is 35.4 Å². The Hall–Kier alpha value is -1.65. The molecule has 0 bridgehead atoms. The molecule has 1 atom stereocenters. The van der Waals surface area contributed by atoms with Crippen molar-refractivity contribution in [3.63, 3.8) is 0 Å². The van der Waals surface area contributed by atoms with Crippen LogP contribution in [0, 0.1) is 11.3 Å². The summed E-state index contributed by atoms with van der Waals surface area (Å²) in [6, 6.07) is 9.90. The fourth-order valence-electron chi connectivity index (χ4n) is 3.82. The molecule has 2 aromatic rings. The van der Waals surface area contributed by atoms with E-state index in [1.165, 1.54) is 12.8 Å². The van der Waals surface area contributed by atoms with E-state index in [2.05, 4.69) is 31.8 Å².